The number of ether oxygens (including phenoxy) is 1. The minimum absolute atomic E-state index is 0.179. The van der Waals surface area contributed by atoms with Crippen molar-refractivity contribution in [3.8, 4) is 0 Å². The van der Waals surface area contributed by atoms with E-state index >= 15 is 0 Å². The standard InChI is InChI=1S/C14H29N3O2/c1-5-17-8-6-13(12(2)11-17)16(3)14(18)10-15-7-9-19-4/h12-13,15H,5-11H2,1-4H3/t12-,13-/m0/s1. The summed E-state index contributed by atoms with van der Waals surface area (Å²) < 4.78 is 4.95. The lowest BCUT2D eigenvalue weighted by Crippen LogP contribution is -2.52. The maximum atomic E-state index is 12.1. The molecule has 19 heavy (non-hydrogen) atoms. The zero-order valence-electron chi connectivity index (χ0n) is 12.8. The Balaban J connectivity index is 2.35. The van der Waals surface area contributed by atoms with Crippen LogP contribution in [0.25, 0.3) is 0 Å². The fourth-order valence-corrected chi connectivity index (χ4v) is 2.76. The molecule has 0 aromatic rings. The van der Waals surface area contributed by atoms with Crippen molar-refractivity contribution in [1.82, 2.24) is 15.1 Å². The molecule has 0 unspecified atom stereocenters. The Labute approximate surface area is 117 Å². The second-order valence-electron chi connectivity index (χ2n) is 5.40. The summed E-state index contributed by atoms with van der Waals surface area (Å²) in [5, 5.41) is 3.11. The van der Waals surface area contributed by atoms with Gasteiger partial charge >= 0.3 is 0 Å². The molecule has 0 aromatic carbocycles. The molecule has 0 bridgehead atoms. The number of amides is 1. The molecule has 1 saturated heterocycles. The Bertz CT molecular complexity index is 273. The smallest absolute Gasteiger partial charge is 0.236 e. The number of carbonyl (C=O) groups excluding carboxylic acids is 1. The number of piperidine rings is 1. The molecule has 1 heterocycles. The first-order valence-electron chi connectivity index (χ1n) is 7.27. The third-order valence-electron chi connectivity index (χ3n) is 4.04. The van der Waals surface area contributed by atoms with Crippen LogP contribution in [0.1, 0.15) is 20.3 Å². The second-order valence-corrected chi connectivity index (χ2v) is 5.40. The highest BCUT2D eigenvalue weighted by Gasteiger charge is 2.30. The molecule has 1 aliphatic heterocycles. The number of nitrogens with one attached hydrogen (secondary N) is 1. The van der Waals surface area contributed by atoms with Gasteiger partial charge in [-0.05, 0) is 18.9 Å². The third-order valence-corrected chi connectivity index (χ3v) is 4.04. The molecule has 2 atom stereocenters. The normalized spacial score (nSPS) is 24.4. The Morgan fingerprint density at radius 2 is 2.26 bits per heavy atom. The van der Waals surface area contributed by atoms with Crippen LogP contribution >= 0.6 is 0 Å². The zero-order valence-corrected chi connectivity index (χ0v) is 12.8. The highest BCUT2D eigenvalue weighted by atomic mass is 16.5. The van der Waals surface area contributed by atoms with E-state index in [1.807, 2.05) is 11.9 Å². The first-order chi connectivity index (χ1) is 9.10. The lowest BCUT2D eigenvalue weighted by molar-refractivity contribution is -0.133. The summed E-state index contributed by atoms with van der Waals surface area (Å²) in [5.41, 5.74) is 0. The largest absolute Gasteiger partial charge is 0.383 e. The number of hydrogen-bond donors (Lipinski definition) is 1. The monoisotopic (exact) mass is 271 g/mol. The molecule has 5 nitrogen and oxygen atoms in total. The van der Waals surface area contributed by atoms with Gasteiger partial charge in [0.25, 0.3) is 0 Å². The van der Waals surface area contributed by atoms with Crippen molar-refractivity contribution in [3.05, 3.63) is 0 Å². The third kappa shape index (κ3) is 5.09. The van der Waals surface area contributed by atoms with Crippen LogP contribution in [0.3, 0.4) is 0 Å². The van der Waals surface area contributed by atoms with Gasteiger partial charge in [0.2, 0.25) is 5.91 Å². The molecule has 1 aliphatic rings. The maximum Gasteiger partial charge on any atom is 0.236 e. The van der Waals surface area contributed by atoms with Crippen LogP contribution in [0.4, 0.5) is 0 Å². The van der Waals surface area contributed by atoms with E-state index in [2.05, 4.69) is 24.1 Å². The molecule has 1 amide bonds. The Kier molecular flexibility index (Phi) is 7.34. The second kappa shape index (κ2) is 8.51. The van der Waals surface area contributed by atoms with E-state index in [1.165, 1.54) is 0 Å². The van der Waals surface area contributed by atoms with E-state index in [-0.39, 0.29) is 5.91 Å². The molecule has 1 N–H and O–H groups in total. The van der Waals surface area contributed by atoms with E-state index in [0.717, 1.165) is 32.6 Å². The van der Waals surface area contributed by atoms with Crippen molar-refractivity contribution in [1.29, 1.82) is 0 Å². The van der Waals surface area contributed by atoms with Crippen LogP contribution < -0.4 is 5.32 Å². The molecule has 112 valence electrons. The lowest BCUT2D eigenvalue weighted by Gasteiger charge is -2.41. The number of hydrogen-bond acceptors (Lipinski definition) is 4. The molecule has 0 spiro atoms. The van der Waals surface area contributed by atoms with E-state index < -0.39 is 0 Å². The van der Waals surface area contributed by atoms with Crippen molar-refractivity contribution < 1.29 is 9.53 Å². The quantitative estimate of drug-likeness (QED) is 0.681. The Morgan fingerprint density at radius 3 is 2.84 bits per heavy atom. The number of rotatable bonds is 7. The molecular weight excluding hydrogens is 242 g/mol. The number of methoxy groups -OCH3 is 1. The average molecular weight is 271 g/mol. The first kappa shape index (κ1) is 16.4. The predicted octanol–water partition coefficient (Wildman–Crippen LogP) is 0.411. The summed E-state index contributed by atoms with van der Waals surface area (Å²) in [6.45, 7) is 9.50. The van der Waals surface area contributed by atoms with Gasteiger partial charge in [-0.25, -0.2) is 0 Å². The SMILES string of the molecule is CCN1CC[C@H](N(C)C(=O)CNCCOC)[C@@H](C)C1. The number of carbonyl (C=O) groups is 1. The minimum atomic E-state index is 0.179. The van der Waals surface area contributed by atoms with Gasteiger partial charge in [0.05, 0.1) is 13.2 Å². The van der Waals surface area contributed by atoms with Crippen molar-refractivity contribution in [2.75, 3.05) is 53.5 Å². The van der Waals surface area contributed by atoms with Crippen LogP contribution in [0.2, 0.25) is 0 Å². The molecule has 0 aliphatic carbocycles. The highest BCUT2D eigenvalue weighted by molar-refractivity contribution is 5.78. The molecule has 1 rings (SSSR count). The fraction of sp³-hybridized carbons (Fsp3) is 0.929. The molecule has 5 heteroatoms. The van der Waals surface area contributed by atoms with Crippen molar-refractivity contribution in [2.45, 2.75) is 26.3 Å². The molecule has 1 fully saturated rings. The van der Waals surface area contributed by atoms with Crippen LogP contribution in [0.15, 0.2) is 0 Å². The predicted molar refractivity (Wildman–Crippen MR) is 77.2 cm³/mol. The average Bonchev–Trinajstić information content (AvgIpc) is 2.42. The number of nitrogens with zero attached hydrogens (tertiary/aromatic N) is 2. The van der Waals surface area contributed by atoms with Crippen LogP contribution in [0, 0.1) is 5.92 Å². The molecule has 0 aromatic heterocycles. The van der Waals surface area contributed by atoms with E-state index in [9.17, 15) is 4.79 Å². The van der Waals surface area contributed by atoms with Gasteiger partial charge in [-0.2, -0.15) is 0 Å². The van der Waals surface area contributed by atoms with Gasteiger partial charge in [-0.1, -0.05) is 13.8 Å². The van der Waals surface area contributed by atoms with Crippen molar-refractivity contribution >= 4 is 5.91 Å². The van der Waals surface area contributed by atoms with E-state index in [4.69, 9.17) is 4.74 Å². The molecule has 0 radical (unpaired) electrons. The highest BCUT2D eigenvalue weighted by Crippen LogP contribution is 2.20. The summed E-state index contributed by atoms with van der Waals surface area (Å²) >= 11 is 0. The van der Waals surface area contributed by atoms with Crippen LogP contribution in [-0.2, 0) is 9.53 Å². The summed E-state index contributed by atoms with van der Waals surface area (Å²) in [6.07, 6.45) is 1.08. The van der Waals surface area contributed by atoms with Crippen LogP contribution in [0.5, 0.6) is 0 Å². The first-order valence-corrected chi connectivity index (χ1v) is 7.27. The van der Waals surface area contributed by atoms with Gasteiger partial charge < -0.3 is 19.9 Å². The summed E-state index contributed by atoms with van der Waals surface area (Å²) in [7, 11) is 3.60. The van der Waals surface area contributed by atoms with E-state index in [0.29, 0.717) is 25.1 Å². The zero-order chi connectivity index (χ0) is 14.3. The fourth-order valence-electron chi connectivity index (χ4n) is 2.76. The topological polar surface area (TPSA) is 44.8 Å². The van der Waals surface area contributed by atoms with Gasteiger partial charge in [-0.15, -0.1) is 0 Å². The van der Waals surface area contributed by atoms with Crippen molar-refractivity contribution in [2.24, 2.45) is 5.92 Å². The summed E-state index contributed by atoms with van der Waals surface area (Å²) in [5.74, 6) is 0.722. The number of likely N-dealkylation sites (tertiary alicyclic amines) is 1. The van der Waals surface area contributed by atoms with E-state index in [1.54, 1.807) is 7.11 Å². The molecule has 0 saturated carbocycles. The minimum Gasteiger partial charge on any atom is -0.383 e. The van der Waals surface area contributed by atoms with Crippen molar-refractivity contribution in [3.63, 3.8) is 0 Å². The van der Waals surface area contributed by atoms with Gasteiger partial charge in [0.15, 0.2) is 0 Å². The van der Waals surface area contributed by atoms with Crippen LogP contribution in [-0.4, -0.2) is 75.2 Å². The summed E-state index contributed by atoms with van der Waals surface area (Å²) in [6, 6.07) is 0.375. The van der Waals surface area contributed by atoms with Gasteiger partial charge in [0, 0.05) is 39.8 Å². The van der Waals surface area contributed by atoms with Gasteiger partial charge in [-0.3, -0.25) is 4.79 Å². The number of likely N-dealkylation sites (N-methyl/N-ethyl adjacent to an activating group) is 1. The Morgan fingerprint density at radius 1 is 1.53 bits per heavy atom. The lowest BCUT2D eigenvalue weighted by atomic mass is 9.92. The van der Waals surface area contributed by atoms with Gasteiger partial charge in [0.1, 0.15) is 0 Å². The summed E-state index contributed by atoms with van der Waals surface area (Å²) in [4.78, 5) is 16.5. The maximum absolute atomic E-state index is 12.1. The molecular formula is C14H29N3O2. The Hall–Kier alpha value is -0.650.